The lowest BCUT2D eigenvalue weighted by molar-refractivity contribution is -0.122. The maximum atomic E-state index is 12.5. The highest BCUT2D eigenvalue weighted by molar-refractivity contribution is 5.82. The van der Waals surface area contributed by atoms with Gasteiger partial charge in [0.2, 0.25) is 5.91 Å². The highest BCUT2D eigenvalue weighted by Crippen LogP contribution is 2.47. The smallest absolute Gasteiger partial charge is 0.223 e. The molecule has 2 aromatic rings. The number of amides is 1. The molecule has 0 heterocycles. The van der Waals surface area contributed by atoms with Crippen molar-refractivity contribution >= 4 is 5.91 Å². The van der Waals surface area contributed by atoms with Crippen molar-refractivity contribution in [3.63, 3.8) is 0 Å². The lowest BCUT2D eigenvalue weighted by Gasteiger charge is -2.29. The highest BCUT2D eigenvalue weighted by Gasteiger charge is 2.43. The van der Waals surface area contributed by atoms with Crippen molar-refractivity contribution < 1.29 is 14.3 Å². The van der Waals surface area contributed by atoms with Crippen LogP contribution in [-0.2, 0) is 11.2 Å². The second-order valence-corrected chi connectivity index (χ2v) is 10.8. The summed E-state index contributed by atoms with van der Waals surface area (Å²) in [7, 11) is 0. The van der Waals surface area contributed by atoms with Crippen LogP contribution >= 0.6 is 0 Å². The zero-order valence-corrected chi connectivity index (χ0v) is 21.9. The fraction of sp³-hybridized carbons (Fsp3) is 0.567. The van der Waals surface area contributed by atoms with E-state index in [0.29, 0.717) is 5.92 Å². The second kappa shape index (κ2) is 11.3. The molecule has 2 unspecified atom stereocenters. The van der Waals surface area contributed by atoms with E-state index < -0.39 is 0 Å². The fourth-order valence-electron chi connectivity index (χ4n) is 4.00. The van der Waals surface area contributed by atoms with Gasteiger partial charge in [0.1, 0.15) is 22.7 Å². The number of rotatable bonds is 13. The second-order valence-electron chi connectivity index (χ2n) is 10.8. The Morgan fingerprint density at radius 3 is 2.29 bits per heavy atom. The van der Waals surface area contributed by atoms with Gasteiger partial charge in [-0.1, -0.05) is 50.2 Å². The van der Waals surface area contributed by atoms with E-state index in [0.717, 1.165) is 56.6 Å². The Kier molecular flexibility index (Phi) is 8.67. The third kappa shape index (κ3) is 7.51. The summed E-state index contributed by atoms with van der Waals surface area (Å²) in [4.78, 5) is 12.5. The van der Waals surface area contributed by atoms with Gasteiger partial charge in [0.15, 0.2) is 0 Å². The number of carbonyl (C=O) groups is 1. The molecule has 186 valence electrons. The number of carbonyl (C=O) groups excluding carboxylic acids is 1. The summed E-state index contributed by atoms with van der Waals surface area (Å²) in [5.74, 6) is 2.48. The molecule has 0 radical (unpaired) electrons. The van der Waals surface area contributed by atoms with Gasteiger partial charge in [-0.05, 0) is 89.3 Å². The van der Waals surface area contributed by atoms with Crippen LogP contribution in [0.5, 0.6) is 11.5 Å². The van der Waals surface area contributed by atoms with Gasteiger partial charge in [-0.15, -0.1) is 0 Å². The van der Waals surface area contributed by atoms with Gasteiger partial charge >= 0.3 is 0 Å². The van der Waals surface area contributed by atoms with E-state index >= 15 is 0 Å². The van der Waals surface area contributed by atoms with Crippen LogP contribution in [0, 0.1) is 5.92 Å². The third-order valence-electron chi connectivity index (χ3n) is 7.05. The fourth-order valence-corrected chi connectivity index (χ4v) is 4.00. The van der Waals surface area contributed by atoms with Crippen molar-refractivity contribution in [2.45, 2.75) is 97.2 Å². The molecule has 4 heteroatoms. The summed E-state index contributed by atoms with van der Waals surface area (Å²) < 4.78 is 12.6. The maximum absolute atomic E-state index is 12.5. The number of ether oxygens (including phenoxy) is 2. The molecule has 1 N–H and O–H groups in total. The Labute approximate surface area is 206 Å². The maximum Gasteiger partial charge on any atom is 0.223 e. The van der Waals surface area contributed by atoms with Crippen LogP contribution in [0.3, 0.4) is 0 Å². The molecule has 1 fully saturated rings. The zero-order valence-electron chi connectivity index (χ0n) is 21.9. The van der Waals surface area contributed by atoms with E-state index in [9.17, 15) is 4.79 Å². The Balaban J connectivity index is 1.50. The van der Waals surface area contributed by atoms with Gasteiger partial charge in [0.25, 0.3) is 0 Å². The first kappa shape index (κ1) is 26.1. The molecule has 0 aliphatic heterocycles. The van der Waals surface area contributed by atoms with Gasteiger partial charge in [0.05, 0.1) is 0 Å². The van der Waals surface area contributed by atoms with E-state index in [1.807, 2.05) is 24.3 Å². The van der Waals surface area contributed by atoms with Crippen LogP contribution in [0.15, 0.2) is 48.5 Å². The first-order valence-corrected chi connectivity index (χ1v) is 13.0. The number of aryl methyl sites for hydroxylation is 1. The van der Waals surface area contributed by atoms with Crippen molar-refractivity contribution in [2.24, 2.45) is 5.92 Å². The van der Waals surface area contributed by atoms with E-state index in [1.54, 1.807) is 0 Å². The predicted octanol–water partition coefficient (Wildman–Crippen LogP) is 7.06. The van der Waals surface area contributed by atoms with Gasteiger partial charge < -0.3 is 14.8 Å². The number of unbranched alkanes of at least 4 members (excludes halogenated alkanes) is 1. The minimum Gasteiger partial charge on any atom is -0.488 e. The normalized spacial score (nSPS) is 17.8. The van der Waals surface area contributed by atoms with Crippen LogP contribution in [0.4, 0.5) is 0 Å². The Bertz CT molecular complexity index is 935. The van der Waals surface area contributed by atoms with E-state index in [2.05, 4.69) is 71.1 Å². The summed E-state index contributed by atoms with van der Waals surface area (Å²) >= 11 is 0. The number of hydrogen-bond acceptors (Lipinski definition) is 3. The largest absolute Gasteiger partial charge is 0.488 e. The number of hydrogen-bond donors (Lipinski definition) is 1. The summed E-state index contributed by atoms with van der Waals surface area (Å²) in [6.45, 7) is 13.5. The molecular formula is C30H43NO3. The average molecular weight is 466 g/mol. The average Bonchev–Trinajstić information content (AvgIpc) is 3.61. The first-order valence-electron chi connectivity index (χ1n) is 13.0. The summed E-state index contributed by atoms with van der Waals surface area (Å²) in [6, 6.07) is 16.6. The SMILES string of the molecule is CCC(C)(C)Oc1ccc(CCCCNC(=O)C2CC2c2ccccc2)c(OC(C)(C)CC)c1. The summed E-state index contributed by atoms with van der Waals surface area (Å²) in [5, 5.41) is 3.14. The zero-order chi connectivity index (χ0) is 24.8. The van der Waals surface area contributed by atoms with Crippen molar-refractivity contribution in [1.82, 2.24) is 5.32 Å². The van der Waals surface area contributed by atoms with Gasteiger partial charge in [0, 0.05) is 18.5 Å². The van der Waals surface area contributed by atoms with E-state index in [1.165, 1.54) is 11.1 Å². The van der Waals surface area contributed by atoms with Crippen LogP contribution in [0.1, 0.15) is 90.7 Å². The van der Waals surface area contributed by atoms with Crippen LogP contribution in [0.2, 0.25) is 0 Å². The quantitative estimate of drug-likeness (QED) is 0.322. The van der Waals surface area contributed by atoms with Gasteiger partial charge in [-0.25, -0.2) is 0 Å². The van der Waals surface area contributed by atoms with Gasteiger partial charge in [-0.3, -0.25) is 4.79 Å². The molecule has 1 aliphatic carbocycles. The Morgan fingerprint density at radius 2 is 1.62 bits per heavy atom. The molecule has 1 amide bonds. The first-order chi connectivity index (χ1) is 16.1. The molecular weight excluding hydrogens is 422 g/mol. The van der Waals surface area contributed by atoms with Crippen molar-refractivity contribution in [2.75, 3.05) is 6.54 Å². The topological polar surface area (TPSA) is 47.6 Å². The standard InChI is InChI=1S/C30H43NO3/c1-7-29(3,4)33-24-18-17-23(27(20-24)34-30(5,6)8-2)16-12-13-19-31-28(32)26-21-25(26)22-14-10-9-11-15-22/h9-11,14-15,17-18,20,25-26H,7-8,12-13,16,19,21H2,1-6H3,(H,31,32). The van der Waals surface area contributed by atoms with Crippen LogP contribution in [-0.4, -0.2) is 23.7 Å². The Hall–Kier alpha value is -2.49. The van der Waals surface area contributed by atoms with Crippen molar-refractivity contribution in [3.8, 4) is 11.5 Å². The molecule has 2 aromatic carbocycles. The predicted molar refractivity (Wildman–Crippen MR) is 140 cm³/mol. The molecule has 34 heavy (non-hydrogen) atoms. The molecule has 1 aliphatic rings. The molecule has 0 aromatic heterocycles. The molecule has 0 spiro atoms. The van der Waals surface area contributed by atoms with Crippen LogP contribution < -0.4 is 14.8 Å². The molecule has 0 saturated heterocycles. The van der Waals surface area contributed by atoms with E-state index in [-0.39, 0.29) is 23.0 Å². The summed E-state index contributed by atoms with van der Waals surface area (Å²) in [6.07, 6.45) is 5.69. The highest BCUT2D eigenvalue weighted by atomic mass is 16.5. The minimum absolute atomic E-state index is 0.138. The summed E-state index contributed by atoms with van der Waals surface area (Å²) in [5.41, 5.74) is 2.03. The lowest BCUT2D eigenvalue weighted by atomic mass is 10.0. The van der Waals surface area contributed by atoms with Crippen molar-refractivity contribution in [3.05, 3.63) is 59.7 Å². The Morgan fingerprint density at radius 1 is 0.941 bits per heavy atom. The number of benzene rings is 2. The monoisotopic (exact) mass is 465 g/mol. The third-order valence-corrected chi connectivity index (χ3v) is 7.05. The molecule has 3 rings (SSSR count). The molecule has 0 bridgehead atoms. The van der Waals surface area contributed by atoms with Crippen LogP contribution in [0.25, 0.3) is 0 Å². The number of nitrogens with one attached hydrogen (secondary N) is 1. The van der Waals surface area contributed by atoms with Crippen molar-refractivity contribution in [1.29, 1.82) is 0 Å². The molecule has 2 atom stereocenters. The molecule has 1 saturated carbocycles. The minimum atomic E-state index is -0.235. The van der Waals surface area contributed by atoms with E-state index in [4.69, 9.17) is 9.47 Å². The lowest BCUT2D eigenvalue weighted by Crippen LogP contribution is -2.28. The molecule has 4 nitrogen and oxygen atoms in total. The van der Waals surface area contributed by atoms with Gasteiger partial charge in [-0.2, -0.15) is 0 Å².